The molecule has 0 aliphatic rings. The molecule has 0 aliphatic carbocycles. The normalized spacial score (nSPS) is 11.2. The van der Waals surface area contributed by atoms with Gasteiger partial charge in [0.15, 0.2) is 0 Å². The van der Waals surface area contributed by atoms with Crippen molar-refractivity contribution in [1.29, 1.82) is 0 Å². The van der Waals surface area contributed by atoms with E-state index in [4.69, 9.17) is 9.84 Å². The van der Waals surface area contributed by atoms with Gasteiger partial charge in [-0.15, -0.1) is 0 Å². The van der Waals surface area contributed by atoms with Crippen LogP contribution in [-0.2, 0) is 6.42 Å². The maximum absolute atomic E-state index is 12.8. The highest BCUT2D eigenvalue weighted by atomic mass is 16.5. The van der Waals surface area contributed by atoms with Gasteiger partial charge in [-0.25, -0.2) is 4.68 Å². The highest BCUT2D eigenvalue weighted by molar-refractivity contribution is 5.96. The minimum Gasteiger partial charge on any atom is -0.497 e. The van der Waals surface area contributed by atoms with Gasteiger partial charge >= 0.3 is 0 Å². The summed E-state index contributed by atoms with van der Waals surface area (Å²) in [6.07, 6.45) is 0.770. The topological polar surface area (TPSA) is 60.6 Å². The molecule has 0 atom stereocenters. The lowest BCUT2D eigenvalue weighted by atomic mass is 10.0. The zero-order chi connectivity index (χ0) is 19.3. The second-order valence-electron chi connectivity index (χ2n) is 7.33. The second-order valence-corrected chi connectivity index (χ2v) is 7.33. The Labute approximate surface area is 156 Å². The molecule has 0 unspecified atom stereocenters. The monoisotopic (exact) mass is 359 g/mol. The number of hydrogen-bond donors (Lipinski definition) is 2. The Hall–Kier alpha value is -2.34. The van der Waals surface area contributed by atoms with Gasteiger partial charge < -0.3 is 15.0 Å². The number of nitrogens with zero attached hydrogens (tertiary/aromatic N) is 2. The Morgan fingerprint density at radius 3 is 2.46 bits per heavy atom. The predicted molar refractivity (Wildman–Crippen MR) is 103 cm³/mol. The van der Waals surface area contributed by atoms with E-state index in [0.29, 0.717) is 18.0 Å². The van der Waals surface area contributed by atoms with Crippen LogP contribution in [0.25, 0.3) is 5.69 Å². The summed E-state index contributed by atoms with van der Waals surface area (Å²) in [5, 5.41) is 7.78. The summed E-state index contributed by atoms with van der Waals surface area (Å²) >= 11 is 0. The van der Waals surface area contributed by atoms with Gasteiger partial charge in [0.05, 0.1) is 56.9 Å². The lowest BCUT2D eigenvalue weighted by molar-refractivity contribution is -0.856. The molecule has 2 N–H and O–H groups in total. The van der Waals surface area contributed by atoms with Crippen molar-refractivity contribution in [1.82, 2.24) is 15.1 Å². The van der Waals surface area contributed by atoms with Crippen molar-refractivity contribution >= 4 is 5.91 Å². The Kier molecular flexibility index (Phi) is 6.80. The third-order valence-electron chi connectivity index (χ3n) is 4.25. The van der Waals surface area contributed by atoms with E-state index in [2.05, 4.69) is 33.3 Å². The van der Waals surface area contributed by atoms with Crippen molar-refractivity contribution in [3.8, 4) is 11.4 Å². The van der Waals surface area contributed by atoms with Crippen molar-refractivity contribution in [3.63, 3.8) is 0 Å². The van der Waals surface area contributed by atoms with Gasteiger partial charge in [-0.2, -0.15) is 5.10 Å². The van der Waals surface area contributed by atoms with E-state index in [1.807, 2.05) is 35.9 Å². The number of amides is 1. The number of carbonyl (C=O) groups excluding carboxylic acids is 1. The molecule has 0 spiro atoms. The van der Waals surface area contributed by atoms with E-state index >= 15 is 0 Å². The van der Waals surface area contributed by atoms with Crippen LogP contribution in [0, 0.1) is 12.8 Å². The van der Waals surface area contributed by atoms with Crippen LogP contribution >= 0.6 is 0 Å². The van der Waals surface area contributed by atoms with Crippen molar-refractivity contribution < 1.29 is 14.4 Å². The van der Waals surface area contributed by atoms with E-state index in [1.165, 1.54) is 4.90 Å². The van der Waals surface area contributed by atoms with E-state index < -0.39 is 0 Å². The number of likely N-dealkylation sites (N-methyl/N-ethyl adjacent to an activating group) is 1. The fourth-order valence-corrected chi connectivity index (χ4v) is 2.87. The van der Waals surface area contributed by atoms with Crippen LogP contribution in [0.5, 0.6) is 5.75 Å². The summed E-state index contributed by atoms with van der Waals surface area (Å²) in [4.78, 5) is 14.1. The molecule has 1 heterocycles. The Balaban J connectivity index is 2.35. The number of methoxy groups -OCH3 is 1. The SMILES string of the molecule is COc1ccc(-n2nc(CC(C)C)c(C(=O)NCC[NH+](C)C)c2C)cc1. The molecule has 0 fully saturated rings. The summed E-state index contributed by atoms with van der Waals surface area (Å²) < 4.78 is 7.07. The zero-order valence-electron chi connectivity index (χ0n) is 16.7. The van der Waals surface area contributed by atoms with Crippen molar-refractivity contribution in [2.75, 3.05) is 34.3 Å². The van der Waals surface area contributed by atoms with Crippen molar-refractivity contribution in [2.45, 2.75) is 27.2 Å². The molecular weight excluding hydrogens is 328 g/mol. The fraction of sp³-hybridized carbons (Fsp3) is 0.500. The highest BCUT2D eigenvalue weighted by Crippen LogP contribution is 2.22. The molecule has 0 aliphatic heterocycles. The lowest BCUT2D eigenvalue weighted by Gasteiger charge is -2.10. The first-order valence-electron chi connectivity index (χ1n) is 9.13. The molecule has 2 rings (SSSR count). The minimum absolute atomic E-state index is 0.0424. The average Bonchev–Trinajstić information content (AvgIpc) is 2.90. The Morgan fingerprint density at radius 1 is 1.27 bits per heavy atom. The van der Waals surface area contributed by atoms with Crippen LogP contribution in [-0.4, -0.2) is 50.0 Å². The molecule has 26 heavy (non-hydrogen) atoms. The van der Waals surface area contributed by atoms with Crippen molar-refractivity contribution in [2.24, 2.45) is 5.92 Å². The summed E-state index contributed by atoms with van der Waals surface area (Å²) in [6.45, 7) is 7.76. The number of ether oxygens (including phenoxy) is 1. The van der Waals surface area contributed by atoms with Crippen LogP contribution in [0.1, 0.15) is 35.6 Å². The average molecular weight is 359 g/mol. The molecule has 2 aromatic rings. The number of nitrogens with one attached hydrogen (secondary N) is 2. The van der Waals surface area contributed by atoms with Crippen LogP contribution in [0.2, 0.25) is 0 Å². The summed E-state index contributed by atoms with van der Waals surface area (Å²) in [5.41, 5.74) is 3.33. The second kappa shape index (κ2) is 8.85. The van der Waals surface area contributed by atoms with Crippen molar-refractivity contribution in [3.05, 3.63) is 41.2 Å². The first kappa shape index (κ1) is 20.0. The van der Waals surface area contributed by atoms with Gasteiger partial charge in [0, 0.05) is 0 Å². The molecule has 6 heteroatoms. The maximum atomic E-state index is 12.8. The maximum Gasteiger partial charge on any atom is 0.255 e. The molecule has 6 nitrogen and oxygen atoms in total. The third-order valence-corrected chi connectivity index (χ3v) is 4.25. The first-order valence-corrected chi connectivity index (χ1v) is 9.13. The molecule has 0 saturated heterocycles. The number of quaternary nitrogens is 1. The smallest absolute Gasteiger partial charge is 0.255 e. The molecule has 1 aromatic heterocycles. The van der Waals surface area contributed by atoms with Gasteiger partial charge in [0.25, 0.3) is 5.91 Å². The molecule has 0 saturated carbocycles. The van der Waals surface area contributed by atoms with E-state index in [1.54, 1.807) is 7.11 Å². The number of rotatable bonds is 8. The van der Waals surface area contributed by atoms with Crippen LogP contribution in [0.15, 0.2) is 24.3 Å². The van der Waals surface area contributed by atoms with Crippen LogP contribution in [0.4, 0.5) is 0 Å². The van der Waals surface area contributed by atoms with E-state index in [-0.39, 0.29) is 5.91 Å². The minimum atomic E-state index is -0.0424. The number of hydrogen-bond acceptors (Lipinski definition) is 3. The molecule has 1 amide bonds. The first-order chi connectivity index (χ1) is 12.3. The molecule has 0 radical (unpaired) electrons. The number of carbonyl (C=O) groups is 1. The highest BCUT2D eigenvalue weighted by Gasteiger charge is 2.22. The predicted octanol–water partition coefficient (Wildman–Crippen LogP) is 1.26. The van der Waals surface area contributed by atoms with E-state index in [0.717, 1.165) is 35.8 Å². The number of benzene rings is 1. The molecule has 0 bridgehead atoms. The van der Waals surface area contributed by atoms with Gasteiger partial charge in [0.1, 0.15) is 5.75 Å². The largest absolute Gasteiger partial charge is 0.497 e. The summed E-state index contributed by atoms with van der Waals surface area (Å²) in [6, 6.07) is 7.71. The van der Waals surface area contributed by atoms with Gasteiger partial charge in [0.2, 0.25) is 0 Å². The quantitative estimate of drug-likeness (QED) is 0.746. The number of aromatic nitrogens is 2. The summed E-state index contributed by atoms with van der Waals surface area (Å²) in [5.74, 6) is 1.18. The molecular formula is C20H31N4O2+. The van der Waals surface area contributed by atoms with Crippen LogP contribution in [0.3, 0.4) is 0 Å². The Morgan fingerprint density at radius 2 is 1.92 bits per heavy atom. The van der Waals surface area contributed by atoms with Gasteiger partial charge in [-0.3, -0.25) is 4.79 Å². The van der Waals surface area contributed by atoms with Gasteiger partial charge in [-0.05, 0) is 43.5 Å². The Bertz CT molecular complexity index is 733. The zero-order valence-corrected chi connectivity index (χ0v) is 16.7. The lowest BCUT2D eigenvalue weighted by Crippen LogP contribution is -3.06. The third kappa shape index (κ3) is 4.85. The molecule has 1 aromatic carbocycles. The standard InChI is InChI=1S/C20H30N4O2/c1-14(2)13-18-19(20(25)21-11-12-23(4)5)15(3)24(22-18)16-7-9-17(26-6)10-8-16/h7-10,14H,11-13H2,1-6H3,(H,21,25)/p+1. The van der Waals surface area contributed by atoms with E-state index in [9.17, 15) is 4.79 Å². The fourth-order valence-electron chi connectivity index (χ4n) is 2.87. The van der Waals surface area contributed by atoms with Gasteiger partial charge in [-0.1, -0.05) is 13.8 Å². The summed E-state index contributed by atoms with van der Waals surface area (Å²) in [7, 11) is 5.79. The molecule has 142 valence electrons. The van der Waals surface area contributed by atoms with Crippen LogP contribution < -0.4 is 15.0 Å².